The van der Waals surface area contributed by atoms with Crippen molar-refractivity contribution >= 4 is 17.3 Å². The zero-order chi connectivity index (χ0) is 13.5. The summed E-state index contributed by atoms with van der Waals surface area (Å²) in [5.41, 5.74) is 6.73. The standard InChI is InChI=1S/C12H18ClN3O2/c1-2-3-4-9(8-14)10-5-6-15-11(7-13)12(10)16(17)18/h5-6,9H,2-4,7-8,14H2,1H3. The summed E-state index contributed by atoms with van der Waals surface area (Å²) in [6.07, 6.45) is 4.45. The molecule has 0 spiro atoms. The summed E-state index contributed by atoms with van der Waals surface area (Å²) < 4.78 is 0. The second-order valence-corrected chi connectivity index (χ2v) is 4.43. The Labute approximate surface area is 112 Å². The predicted molar refractivity (Wildman–Crippen MR) is 71.8 cm³/mol. The highest BCUT2D eigenvalue weighted by atomic mass is 35.5. The molecule has 0 aliphatic heterocycles. The SMILES string of the molecule is CCCCC(CN)c1ccnc(CCl)c1[N+](=O)[O-]. The van der Waals surface area contributed by atoms with Crippen LogP contribution < -0.4 is 5.73 Å². The molecule has 1 unspecified atom stereocenters. The maximum atomic E-state index is 11.2. The molecule has 100 valence electrons. The van der Waals surface area contributed by atoms with Gasteiger partial charge in [0.1, 0.15) is 5.69 Å². The number of hydrogen-bond acceptors (Lipinski definition) is 4. The van der Waals surface area contributed by atoms with E-state index in [2.05, 4.69) is 11.9 Å². The second-order valence-electron chi connectivity index (χ2n) is 4.16. The quantitative estimate of drug-likeness (QED) is 0.469. The van der Waals surface area contributed by atoms with Crippen molar-refractivity contribution in [1.82, 2.24) is 4.98 Å². The fourth-order valence-corrected chi connectivity index (χ4v) is 2.20. The van der Waals surface area contributed by atoms with E-state index < -0.39 is 4.92 Å². The average molecular weight is 272 g/mol. The highest BCUT2D eigenvalue weighted by molar-refractivity contribution is 6.17. The summed E-state index contributed by atoms with van der Waals surface area (Å²) >= 11 is 5.70. The number of nitrogens with zero attached hydrogens (tertiary/aromatic N) is 2. The minimum atomic E-state index is -0.408. The van der Waals surface area contributed by atoms with Crippen molar-refractivity contribution in [3.8, 4) is 0 Å². The fraction of sp³-hybridized carbons (Fsp3) is 0.583. The van der Waals surface area contributed by atoms with Crippen molar-refractivity contribution in [3.05, 3.63) is 33.6 Å². The van der Waals surface area contributed by atoms with Crippen LogP contribution in [0.5, 0.6) is 0 Å². The van der Waals surface area contributed by atoms with E-state index in [1.54, 1.807) is 12.3 Å². The first-order chi connectivity index (χ1) is 8.65. The van der Waals surface area contributed by atoms with E-state index in [1.807, 2.05) is 0 Å². The summed E-state index contributed by atoms with van der Waals surface area (Å²) in [4.78, 5) is 14.7. The van der Waals surface area contributed by atoms with E-state index in [4.69, 9.17) is 17.3 Å². The third-order valence-corrected chi connectivity index (χ3v) is 3.22. The highest BCUT2D eigenvalue weighted by Crippen LogP contribution is 2.32. The van der Waals surface area contributed by atoms with E-state index in [9.17, 15) is 10.1 Å². The lowest BCUT2D eigenvalue weighted by Crippen LogP contribution is -2.15. The lowest BCUT2D eigenvalue weighted by atomic mass is 9.92. The molecule has 1 aromatic rings. The van der Waals surface area contributed by atoms with Crippen LogP contribution in [0.15, 0.2) is 12.3 Å². The van der Waals surface area contributed by atoms with Gasteiger partial charge in [-0.1, -0.05) is 19.8 Å². The Hall–Kier alpha value is -1.20. The van der Waals surface area contributed by atoms with Gasteiger partial charge in [-0.2, -0.15) is 0 Å². The van der Waals surface area contributed by atoms with Gasteiger partial charge in [-0.25, -0.2) is 0 Å². The average Bonchev–Trinajstić information content (AvgIpc) is 2.38. The van der Waals surface area contributed by atoms with Gasteiger partial charge >= 0.3 is 0 Å². The lowest BCUT2D eigenvalue weighted by Gasteiger charge is -2.15. The summed E-state index contributed by atoms with van der Waals surface area (Å²) in [6.45, 7) is 2.48. The summed E-state index contributed by atoms with van der Waals surface area (Å²) in [5, 5.41) is 11.2. The molecule has 2 N–H and O–H groups in total. The Morgan fingerprint density at radius 2 is 2.33 bits per heavy atom. The minimum Gasteiger partial charge on any atom is -0.330 e. The molecule has 0 aliphatic carbocycles. The van der Waals surface area contributed by atoms with Crippen LogP contribution >= 0.6 is 11.6 Å². The zero-order valence-corrected chi connectivity index (χ0v) is 11.2. The molecule has 0 aliphatic rings. The monoisotopic (exact) mass is 271 g/mol. The topological polar surface area (TPSA) is 82.0 Å². The number of nitro groups is 1. The molecule has 18 heavy (non-hydrogen) atoms. The molecular formula is C12H18ClN3O2. The summed E-state index contributed by atoms with van der Waals surface area (Å²) in [5.74, 6) is 0.0326. The molecule has 0 saturated heterocycles. The van der Waals surface area contributed by atoms with Gasteiger partial charge in [0.05, 0.1) is 10.8 Å². The van der Waals surface area contributed by atoms with Crippen molar-refractivity contribution in [2.45, 2.75) is 38.0 Å². The van der Waals surface area contributed by atoms with Gasteiger partial charge in [0, 0.05) is 17.7 Å². The van der Waals surface area contributed by atoms with Crippen molar-refractivity contribution in [2.24, 2.45) is 5.73 Å². The molecular weight excluding hydrogens is 254 g/mol. The van der Waals surface area contributed by atoms with Gasteiger partial charge in [-0.05, 0) is 19.0 Å². The maximum Gasteiger partial charge on any atom is 0.295 e. The number of pyridine rings is 1. The molecule has 1 rings (SSSR count). The Balaban J connectivity index is 3.16. The van der Waals surface area contributed by atoms with Gasteiger partial charge in [-0.3, -0.25) is 15.1 Å². The van der Waals surface area contributed by atoms with Crippen LogP contribution in [-0.4, -0.2) is 16.5 Å². The predicted octanol–water partition coefficient (Wildman–Crippen LogP) is 2.96. The minimum absolute atomic E-state index is 0.00434. The van der Waals surface area contributed by atoms with Crippen molar-refractivity contribution < 1.29 is 4.92 Å². The number of rotatable bonds is 7. The first-order valence-electron chi connectivity index (χ1n) is 6.03. The molecule has 0 fully saturated rings. The Morgan fingerprint density at radius 1 is 1.61 bits per heavy atom. The smallest absolute Gasteiger partial charge is 0.295 e. The number of alkyl halides is 1. The third kappa shape index (κ3) is 3.40. The largest absolute Gasteiger partial charge is 0.330 e. The van der Waals surface area contributed by atoms with Crippen LogP contribution in [0.3, 0.4) is 0 Å². The van der Waals surface area contributed by atoms with Crippen LogP contribution in [0.2, 0.25) is 0 Å². The Kier molecular flexibility index (Phi) is 6.01. The van der Waals surface area contributed by atoms with Gasteiger partial charge in [0.25, 0.3) is 5.69 Å². The number of hydrogen-bond donors (Lipinski definition) is 1. The first-order valence-corrected chi connectivity index (χ1v) is 6.57. The van der Waals surface area contributed by atoms with E-state index in [-0.39, 0.29) is 17.5 Å². The van der Waals surface area contributed by atoms with E-state index >= 15 is 0 Å². The summed E-state index contributed by atoms with van der Waals surface area (Å²) in [6, 6.07) is 1.68. The molecule has 0 aromatic carbocycles. The van der Waals surface area contributed by atoms with Crippen LogP contribution in [-0.2, 0) is 5.88 Å². The van der Waals surface area contributed by atoms with Gasteiger partial charge in [0.2, 0.25) is 0 Å². The number of unbranched alkanes of at least 4 members (excludes halogenated alkanes) is 1. The fourth-order valence-electron chi connectivity index (χ4n) is 2.00. The number of nitrogens with two attached hydrogens (primary N) is 1. The van der Waals surface area contributed by atoms with Crippen LogP contribution in [0.4, 0.5) is 5.69 Å². The van der Waals surface area contributed by atoms with Gasteiger partial charge in [-0.15, -0.1) is 11.6 Å². The number of halogens is 1. The van der Waals surface area contributed by atoms with Gasteiger partial charge < -0.3 is 5.73 Å². The van der Waals surface area contributed by atoms with Crippen molar-refractivity contribution in [2.75, 3.05) is 6.54 Å². The maximum absolute atomic E-state index is 11.2. The molecule has 1 aromatic heterocycles. The Morgan fingerprint density at radius 3 is 2.83 bits per heavy atom. The third-order valence-electron chi connectivity index (χ3n) is 2.97. The number of aromatic nitrogens is 1. The normalized spacial score (nSPS) is 12.4. The van der Waals surface area contributed by atoms with Crippen LogP contribution in [0, 0.1) is 10.1 Å². The Bertz CT molecular complexity index is 412. The first kappa shape index (κ1) is 14.9. The van der Waals surface area contributed by atoms with Crippen molar-refractivity contribution in [1.29, 1.82) is 0 Å². The zero-order valence-electron chi connectivity index (χ0n) is 10.4. The molecule has 6 heteroatoms. The molecule has 1 atom stereocenters. The van der Waals surface area contributed by atoms with Gasteiger partial charge in [0.15, 0.2) is 0 Å². The summed E-state index contributed by atoms with van der Waals surface area (Å²) in [7, 11) is 0. The van der Waals surface area contributed by atoms with Crippen molar-refractivity contribution in [3.63, 3.8) is 0 Å². The highest BCUT2D eigenvalue weighted by Gasteiger charge is 2.25. The van der Waals surface area contributed by atoms with E-state index in [0.717, 1.165) is 19.3 Å². The molecule has 0 bridgehead atoms. The molecule has 5 nitrogen and oxygen atoms in total. The van der Waals surface area contributed by atoms with Crippen LogP contribution in [0.25, 0.3) is 0 Å². The van der Waals surface area contributed by atoms with E-state index in [1.165, 1.54) is 0 Å². The molecule has 0 amide bonds. The van der Waals surface area contributed by atoms with E-state index in [0.29, 0.717) is 17.8 Å². The molecule has 0 saturated carbocycles. The molecule has 1 heterocycles. The second kappa shape index (κ2) is 7.28. The molecule has 0 radical (unpaired) electrons. The lowest BCUT2D eigenvalue weighted by molar-refractivity contribution is -0.386. The van der Waals surface area contributed by atoms with Crippen LogP contribution in [0.1, 0.15) is 43.4 Å².